The molecule has 0 unspecified atom stereocenters. The summed E-state index contributed by atoms with van der Waals surface area (Å²) in [7, 11) is -3.68. The van der Waals surface area contributed by atoms with E-state index in [-0.39, 0.29) is 4.90 Å². The van der Waals surface area contributed by atoms with Crippen LogP contribution in [0.5, 0.6) is 0 Å². The van der Waals surface area contributed by atoms with Gasteiger partial charge < -0.3 is 5.32 Å². The average molecular weight is 396 g/mol. The summed E-state index contributed by atoms with van der Waals surface area (Å²) in [5.41, 5.74) is 3.48. The summed E-state index contributed by atoms with van der Waals surface area (Å²) in [6.45, 7) is 1.78. The normalized spacial score (nSPS) is 13.3. The molecule has 0 bridgehead atoms. The molecule has 7 heteroatoms. The van der Waals surface area contributed by atoms with Crippen LogP contribution >= 0.6 is 11.8 Å². The van der Waals surface area contributed by atoms with Crippen molar-refractivity contribution in [1.29, 1.82) is 0 Å². The van der Waals surface area contributed by atoms with Crippen molar-refractivity contribution in [2.75, 3.05) is 5.32 Å². The molecule has 27 heavy (non-hydrogen) atoms. The number of hydrazone groups is 1. The van der Waals surface area contributed by atoms with Crippen LogP contribution in [0.2, 0.25) is 0 Å². The number of rotatable bonds is 4. The van der Waals surface area contributed by atoms with Gasteiger partial charge in [0.2, 0.25) is 0 Å². The third kappa shape index (κ3) is 3.70. The lowest BCUT2D eigenvalue weighted by atomic mass is 10.1. The fraction of sp³-hybridized carbons (Fsp3) is 0.0500. The first kappa shape index (κ1) is 17.6. The third-order valence-electron chi connectivity index (χ3n) is 4.16. The summed E-state index contributed by atoms with van der Waals surface area (Å²) >= 11 is 1.70. The quantitative estimate of drug-likeness (QED) is 0.391. The minimum Gasteiger partial charge on any atom is -0.354 e. The van der Waals surface area contributed by atoms with E-state index in [2.05, 4.69) is 21.3 Å². The zero-order valence-electron chi connectivity index (χ0n) is 14.5. The van der Waals surface area contributed by atoms with Crippen LogP contribution in [-0.2, 0) is 10.0 Å². The van der Waals surface area contributed by atoms with Gasteiger partial charge >= 0.3 is 0 Å². The van der Waals surface area contributed by atoms with Crippen molar-refractivity contribution in [1.82, 2.24) is 4.83 Å². The van der Waals surface area contributed by atoms with Crippen LogP contribution in [0, 0.1) is 0 Å². The lowest BCUT2D eigenvalue weighted by Crippen LogP contribution is -2.19. The molecule has 1 aliphatic heterocycles. The second-order valence-electron chi connectivity index (χ2n) is 6.04. The molecule has 1 heterocycles. The van der Waals surface area contributed by atoms with E-state index >= 15 is 0 Å². The molecule has 0 aromatic heterocycles. The molecule has 136 valence electrons. The van der Waals surface area contributed by atoms with Gasteiger partial charge in [-0.05, 0) is 48.9 Å². The number of hydrogen-bond donors (Lipinski definition) is 2. The van der Waals surface area contributed by atoms with E-state index < -0.39 is 10.0 Å². The summed E-state index contributed by atoms with van der Waals surface area (Å²) in [4.78, 5) is 4.79. The second-order valence-corrected chi connectivity index (χ2v) is 8.78. The maximum atomic E-state index is 12.3. The number of benzene rings is 3. The highest BCUT2D eigenvalue weighted by Gasteiger charge is 2.16. The molecule has 0 atom stereocenters. The van der Waals surface area contributed by atoms with Gasteiger partial charge in [0.1, 0.15) is 0 Å². The van der Waals surface area contributed by atoms with Gasteiger partial charge in [0.05, 0.1) is 22.0 Å². The van der Waals surface area contributed by atoms with Crippen molar-refractivity contribution in [2.24, 2.45) is 5.10 Å². The number of sulfonamides is 1. The minimum atomic E-state index is -3.68. The van der Waals surface area contributed by atoms with Gasteiger partial charge in [-0.2, -0.15) is 18.4 Å². The van der Waals surface area contributed by atoms with Crippen molar-refractivity contribution < 1.29 is 8.42 Å². The smallest absolute Gasteiger partial charge is 0.276 e. The van der Waals surface area contributed by atoms with E-state index in [1.807, 2.05) is 36.4 Å². The zero-order valence-corrected chi connectivity index (χ0v) is 16.1. The number of nitrogens with one attached hydrogen (secondary N) is 2. The Morgan fingerprint density at radius 2 is 1.63 bits per heavy atom. The molecule has 4 rings (SSSR count). The molecule has 1 aliphatic rings. The number of anilines is 2. The van der Waals surface area contributed by atoms with Crippen LogP contribution in [0.1, 0.15) is 12.5 Å². The maximum absolute atomic E-state index is 12.3. The van der Waals surface area contributed by atoms with Crippen molar-refractivity contribution in [3.8, 4) is 0 Å². The highest BCUT2D eigenvalue weighted by atomic mass is 32.2. The molecule has 0 radical (unpaired) electrons. The molecule has 0 amide bonds. The summed E-state index contributed by atoms with van der Waals surface area (Å²) in [6, 6.07) is 22.2. The lowest BCUT2D eigenvalue weighted by Gasteiger charge is -2.21. The number of fused-ring (bicyclic) bond motifs is 2. The molecule has 2 N–H and O–H groups in total. The number of hydrogen-bond acceptors (Lipinski definition) is 5. The van der Waals surface area contributed by atoms with Crippen LogP contribution in [0.25, 0.3) is 0 Å². The summed E-state index contributed by atoms with van der Waals surface area (Å²) in [6.07, 6.45) is 0. The summed E-state index contributed by atoms with van der Waals surface area (Å²) in [5, 5.41) is 7.50. The maximum Gasteiger partial charge on any atom is 0.276 e. The van der Waals surface area contributed by atoms with Crippen LogP contribution in [0.15, 0.2) is 92.6 Å². The van der Waals surface area contributed by atoms with Gasteiger partial charge in [0, 0.05) is 9.79 Å². The number of nitrogens with zero attached hydrogens (tertiary/aromatic N) is 1. The van der Waals surface area contributed by atoms with E-state index in [1.165, 1.54) is 17.0 Å². The Morgan fingerprint density at radius 3 is 2.44 bits per heavy atom. The van der Waals surface area contributed by atoms with Crippen molar-refractivity contribution in [3.05, 3.63) is 78.4 Å². The van der Waals surface area contributed by atoms with E-state index in [0.717, 1.165) is 21.8 Å². The van der Waals surface area contributed by atoms with Crippen LogP contribution in [0.3, 0.4) is 0 Å². The van der Waals surface area contributed by atoms with Crippen LogP contribution in [0.4, 0.5) is 11.4 Å². The van der Waals surface area contributed by atoms with Gasteiger partial charge in [-0.15, -0.1) is 0 Å². The zero-order chi connectivity index (χ0) is 18.9. The van der Waals surface area contributed by atoms with Crippen LogP contribution < -0.4 is 10.1 Å². The average Bonchev–Trinajstić information content (AvgIpc) is 2.70. The number of para-hydroxylation sites is 1. The minimum absolute atomic E-state index is 0.182. The van der Waals surface area contributed by atoms with Crippen molar-refractivity contribution >= 4 is 38.9 Å². The van der Waals surface area contributed by atoms with Gasteiger partial charge in [-0.3, -0.25) is 0 Å². The first-order valence-electron chi connectivity index (χ1n) is 8.32. The molecular weight excluding hydrogens is 378 g/mol. The topological polar surface area (TPSA) is 70.6 Å². The first-order chi connectivity index (χ1) is 13.0. The third-order valence-corrected chi connectivity index (χ3v) is 6.54. The second kappa shape index (κ2) is 7.09. The predicted octanol–water partition coefficient (Wildman–Crippen LogP) is 4.60. The van der Waals surface area contributed by atoms with Gasteiger partial charge in [-0.25, -0.2) is 0 Å². The predicted molar refractivity (Wildman–Crippen MR) is 109 cm³/mol. The fourth-order valence-corrected chi connectivity index (χ4v) is 4.56. The van der Waals surface area contributed by atoms with E-state index in [4.69, 9.17) is 0 Å². The molecule has 3 aromatic rings. The van der Waals surface area contributed by atoms with E-state index in [1.54, 1.807) is 36.9 Å². The Balaban J connectivity index is 1.57. The monoisotopic (exact) mass is 395 g/mol. The molecule has 0 spiro atoms. The largest absolute Gasteiger partial charge is 0.354 e. The Kier molecular flexibility index (Phi) is 4.63. The Morgan fingerprint density at radius 1 is 0.926 bits per heavy atom. The summed E-state index contributed by atoms with van der Waals surface area (Å²) in [5.74, 6) is 0. The molecule has 0 aliphatic carbocycles. The Bertz CT molecular complexity index is 1130. The van der Waals surface area contributed by atoms with Crippen molar-refractivity contribution in [2.45, 2.75) is 21.6 Å². The molecular formula is C20H17N3O2S2. The lowest BCUT2D eigenvalue weighted by molar-refractivity contribution is 0.584. The van der Waals surface area contributed by atoms with E-state index in [0.29, 0.717) is 5.71 Å². The summed E-state index contributed by atoms with van der Waals surface area (Å²) < 4.78 is 24.6. The molecule has 0 saturated carbocycles. The van der Waals surface area contributed by atoms with Crippen LogP contribution in [-0.4, -0.2) is 14.1 Å². The highest BCUT2D eigenvalue weighted by Crippen LogP contribution is 2.44. The standard InChI is InChI=1S/C20H17N3O2S2/c1-14(22-23-27(24,25)16-7-3-2-4-8-16)15-11-12-20-18(13-15)21-17-9-5-6-10-19(17)26-20/h2-13,21,23H,1H3. The highest BCUT2D eigenvalue weighted by molar-refractivity contribution is 7.99. The Hall–Kier alpha value is -2.77. The SMILES string of the molecule is CC(=NNS(=O)(=O)c1ccccc1)c1ccc2c(c1)Nc1ccccc1S2. The Labute approximate surface area is 162 Å². The van der Waals surface area contributed by atoms with Crippen molar-refractivity contribution in [3.63, 3.8) is 0 Å². The fourth-order valence-electron chi connectivity index (χ4n) is 2.71. The van der Waals surface area contributed by atoms with Gasteiger partial charge in [-0.1, -0.05) is 48.2 Å². The van der Waals surface area contributed by atoms with Gasteiger partial charge in [0.15, 0.2) is 0 Å². The molecule has 0 fully saturated rings. The van der Waals surface area contributed by atoms with Gasteiger partial charge in [0.25, 0.3) is 10.0 Å². The van der Waals surface area contributed by atoms with E-state index in [9.17, 15) is 8.42 Å². The molecule has 3 aromatic carbocycles. The molecule has 0 saturated heterocycles. The molecule has 5 nitrogen and oxygen atoms in total. The first-order valence-corrected chi connectivity index (χ1v) is 10.6.